The Labute approximate surface area is 185 Å². The summed E-state index contributed by atoms with van der Waals surface area (Å²) in [6.07, 6.45) is 0.548. The maximum Gasteiger partial charge on any atom is 0.261 e. The summed E-state index contributed by atoms with van der Waals surface area (Å²) in [6, 6.07) is 12.3. The van der Waals surface area contributed by atoms with Crippen LogP contribution in [-0.4, -0.2) is 56.8 Å². The zero-order chi connectivity index (χ0) is 22.6. The van der Waals surface area contributed by atoms with E-state index < -0.39 is 0 Å². The molecule has 2 aliphatic heterocycles. The Morgan fingerprint density at radius 2 is 1.88 bits per heavy atom. The summed E-state index contributed by atoms with van der Waals surface area (Å²) in [5, 5.41) is 11.1. The molecule has 3 amide bonds. The minimum atomic E-state index is -0.364. The number of H-pyrrole nitrogens is 1. The number of imide groups is 1. The summed E-state index contributed by atoms with van der Waals surface area (Å²) in [5.41, 5.74) is 4.04. The van der Waals surface area contributed by atoms with Gasteiger partial charge >= 0.3 is 0 Å². The van der Waals surface area contributed by atoms with Crippen molar-refractivity contribution in [3.63, 3.8) is 0 Å². The Balaban J connectivity index is 1.47. The van der Waals surface area contributed by atoms with Gasteiger partial charge in [0.05, 0.1) is 30.3 Å². The molecule has 1 unspecified atom stereocenters. The van der Waals surface area contributed by atoms with Crippen molar-refractivity contribution in [2.45, 2.75) is 32.9 Å². The molecule has 0 bridgehead atoms. The van der Waals surface area contributed by atoms with Crippen LogP contribution in [0.4, 0.5) is 0 Å². The first-order valence-corrected chi connectivity index (χ1v) is 10.9. The number of nitrogens with zero attached hydrogens (tertiary/aromatic N) is 2. The quantitative estimate of drug-likeness (QED) is 0.621. The minimum Gasteiger partial charge on any atom is -0.394 e. The highest BCUT2D eigenvalue weighted by atomic mass is 16.3. The predicted octanol–water partition coefficient (Wildman–Crippen LogP) is 2.98. The van der Waals surface area contributed by atoms with Crippen LogP contribution in [-0.2, 0) is 13.0 Å². The number of para-hydroxylation sites is 1. The molecule has 0 saturated heterocycles. The summed E-state index contributed by atoms with van der Waals surface area (Å²) in [5.74, 6) is -0.781. The van der Waals surface area contributed by atoms with E-state index in [4.69, 9.17) is 0 Å². The second-order valence-electron chi connectivity index (χ2n) is 8.98. The Kier molecular flexibility index (Phi) is 4.86. The largest absolute Gasteiger partial charge is 0.394 e. The molecule has 2 N–H and O–H groups in total. The van der Waals surface area contributed by atoms with Crippen molar-refractivity contribution in [1.82, 2.24) is 14.8 Å². The molecule has 3 aromatic rings. The van der Waals surface area contributed by atoms with Crippen LogP contribution in [0.1, 0.15) is 56.2 Å². The average molecular weight is 431 g/mol. The summed E-state index contributed by atoms with van der Waals surface area (Å²) in [6.45, 7) is 4.43. The Morgan fingerprint density at radius 1 is 1.12 bits per heavy atom. The number of carbonyl (C=O) groups is 3. The van der Waals surface area contributed by atoms with E-state index in [2.05, 4.69) is 4.98 Å². The maximum absolute atomic E-state index is 13.4. The van der Waals surface area contributed by atoms with E-state index >= 15 is 0 Å². The maximum atomic E-state index is 13.4. The number of benzene rings is 2. The van der Waals surface area contributed by atoms with Crippen LogP contribution in [0.15, 0.2) is 42.5 Å². The minimum absolute atomic E-state index is 0.155. The first kappa shape index (κ1) is 20.5. The molecule has 0 spiro atoms. The molecule has 164 valence electrons. The highest BCUT2D eigenvalue weighted by Crippen LogP contribution is 2.32. The molecule has 1 aromatic heterocycles. The van der Waals surface area contributed by atoms with Gasteiger partial charge < -0.3 is 15.0 Å². The lowest BCUT2D eigenvalue weighted by atomic mass is 9.95. The van der Waals surface area contributed by atoms with Gasteiger partial charge in [0.2, 0.25) is 0 Å². The topological polar surface area (TPSA) is 93.7 Å². The lowest BCUT2D eigenvalue weighted by Crippen LogP contribution is -2.46. The van der Waals surface area contributed by atoms with Gasteiger partial charge in [-0.15, -0.1) is 0 Å². The number of hydrogen-bond acceptors (Lipinski definition) is 4. The summed E-state index contributed by atoms with van der Waals surface area (Å²) < 4.78 is 0. The van der Waals surface area contributed by atoms with Gasteiger partial charge in [-0.1, -0.05) is 32.0 Å². The zero-order valence-electron chi connectivity index (χ0n) is 18.1. The molecule has 32 heavy (non-hydrogen) atoms. The number of aromatic nitrogens is 1. The fraction of sp³-hybridized carbons (Fsp3) is 0.320. The smallest absolute Gasteiger partial charge is 0.261 e. The molecular formula is C25H25N3O4. The molecule has 0 radical (unpaired) electrons. The molecule has 2 aromatic carbocycles. The fourth-order valence-electron chi connectivity index (χ4n) is 4.79. The van der Waals surface area contributed by atoms with Crippen LogP contribution in [0, 0.1) is 5.92 Å². The van der Waals surface area contributed by atoms with Crippen LogP contribution in [0.3, 0.4) is 0 Å². The Hall–Kier alpha value is -3.45. The van der Waals surface area contributed by atoms with Crippen molar-refractivity contribution in [3.8, 4) is 0 Å². The van der Waals surface area contributed by atoms with Crippen LogP contribution in [0.25, 0.3) is 10.9 Å². The lowest BCUT2D eigenvalue weighted by Gasteiger charge is -2.35. The number of aliphatic hydroxyl groups is 1. The predicted molar refractivity (Wildman–Crippen MR) is 119 cm³/mol. The number of aromatic amines is 1. The van der Waals surface area contributed by atoms with E-state index in [1.54, 1.807) is 17.0 Å². The van der Waals surface area contributed by atoms with Gasteiger partial charge in [0, 0.05) is 28.7 Å². The van der Waals surface area contributed by atoms with Crippen LogP contribution in [0.2, 0.25) is 0 Å². The Morgan fingerprint density at radius 3 is 2.62 bits per heavy atom. The standard InChI is InChI=1S/C25H25N3O4/c1-14(2)11-28-24(31)18-8-7-15(9-20(18)25(28)32)23(30)27-12-22-19(10-16(27)13-29)17-5-3-4-6-21(17)26-22/h3-9,14,16,26,29H,10-13H2,1-2H3. The molecule has 5 rings (SSSR count). The van der Waals surface area contributed by atoms with Crippen molar-refractivity contribution in [1.29, 1.82) is 0 Å². The van der Waals surface area contributed by atoms with E-state index in [0.29, 0.717) is 30.6 Å². The molecule has 2 aliphatic rings. The fourth-order valence-corrected chi connectivity index (χ4v) is 4.79. The summed E-state index contributed by atoms with van der Waals surface area (Å²) in [7, 11) is 0. The third kappa shape index (κ3) is 3.12. The van der Waals surface area contributed by atoms with Crippen LogP contribution >= 0.6 is 0 Å². The molecule has 3 heterocycles. The third-order valence-corrected chi connectivity index (χ3v) is 6.35. The normalized spacial score (nSPS) is 17.9. The van der Waals surface area contributed by atoms with E-state index in [0.717, 1.165) is 22.2 Å². The SMILES string of the molecule is CC(C)CN1C(=O)c2ccc(C(=O)N3Cc4[nH]c5ccccc5c4CC3CO)cc2C1=O. The first-order valence-electron chi connectivity index (χ1n) is 10.9. The van der Waals surface area contributed by atoms with Crippen molar-refractivity contribution in [2.24, 2.45) is 5.92 Å². The molecule has 7 heteroatoms. The molecule has 1 atom stereocenters. The lowest BCUT2D eigenvalue weighted by molar-refractivity contribution is 0.0541. The molecule has 0 fully saturated rings. The number of rotatable bonds is 4. The number of aliphatic hydroxyl groups excluding tert-OH is 1. The second kappa shape index (κ2) is 7.60. The third-order valence-electron chi connectivity index (χ3n) is 6.35. The van der Waals surface area contributed by atoms with Gasteiger partial charge in [-0.25, -0.2) is 0 Å². The van der Waals surface area contributed by atoms with Crippen molar-refractivity contribution in [2.75, 3.05) is 13.2 Å². The number of nitrogens with one attached hydrogen (secondary N) is 1. The highest BCUT2D eigenvalue weighted by Gasteiger charge is 2.37. The zero-order valence-corrected chi connectivity index (χ0v) is 18.1. The highest BCUT2D eigenvalue weighted by molar-refractivity contribution is 6.22. The van der Waals surface area contributed by atoms with Gasteiger partial charge in [0.25, 0.3) is 17.7 Å². The molecule has 0 saturated carbocycles. The second-order valence-corrected chi connectivity index (χ2v) is 8.98. The summed E-state index contributed by atoms with van der Waals surface area (Å²) >= 11 is 0. The average Bonchev–Trinajstić information content (AvgIpc) is 3.27. The molecule has 0 aliphatic carbocycles. The van der Waals surface area contributed by atoms with Crippen LogP contribution in [0.5, 0.6) is 0 Å². The first-order chi connectivity index (χ1) is 15.4. The van der Waals surface area contributed by atoms with Crippen LogP contribution < -0.4 is 0 Å². The number of hydrogen-bond donors (Lipinski definition) is 2. The molecular weight excluding hydrogens is 406 g/mol. The van der Waals surface area contributed by atoms with E-state index in [1.807, 2.05) is 38.1 Å². The van der Waals surface area contributed by atoms with E-state index in [-0.39, 0.29) is 41.9 Å². The number of carbonyl (C=O) groups excluding carboxylic acids is 3. The van der Waals surface area contributed by atoms with E-state index in [1.165, 1.54) is 11.0 Å². The van der Waals surface area contributed by atoms with E-state index in [9.17, 15) is 19.5 Å². The number of fused-ring (bicyclic) bond motifs is 4. The monoisotopic (exact) mass is 431 g/mol. The Bertz CT molecular complexity index is 1260. The van der Waals surface area contributed by atoms with Gasteiger partial charge in [0.1, 0.15) is 0 Å². The van der Waals surface area contributed by atoms with Crippen molar-refractivity contribution >= 4 is 28.6 Å². The van der Waals surface area contributed by atoms with Gasteiger partial charge in [-0.3, -0.25) is 19.3 Å². The number of amides is 3. The summed E-state index contributed by atoms with van der Waals surface area (Å²) in [4.78, 5) is 45.2. The molecule has 7 nitrogen and oxygen atoms in total. The van der Waals surface area contributed by atoms with Gasteiger partial charge in [-0.2, -0.15) is 0 Å². The van der Waals surface area contributed by atoms with Crippen molar-refractivity contribution < 1.29 is 19.5 Å². The van der Waals surface area contributed by atoms with Gasteiger partial charge in [-0.05, 0) is 42.2 Å². The van der Waals surface area contributed by atoms with Gasteiger partial charge in [0.15, 0.2) is 0 Å². The van der Waals surface area contributed by atoms with Crippen molar-refractivity contribution in [3.05, 3.63) is 70.4 Å².